The maximum Gasteiger partial charge on any atom is 0.326 e. The first kappa shape index (κ1) is 13.1. The third kappa shape index (κ3) is 3.12. The Balaban J connectivity index is 2.28. The zero-order valence-electron chi connectivity index (χ0n) is 9.40. The largest absolute Gasteiger partial charge is 0.426 e. The summed E-state index contributed by atoms with van der Waals surface area (Å²) in [7, 11) is 0. The van der Waals surface area contributed by atoms with Crippen molar-refractivity contribution in [3.63, 3.8) is 0 Å². The highest BCUT2D eigenvalue weighted by Gasteiger charge is 2.07. The fourth-order valence-electron chi connectivity index (χ4n) is 1.57. The Hall–Kier alpha value is -1.32. The van der Waals surface area contributed by atoms with Gasteiger partial charge in [0.05, 0.1) is 0 Å². The van der Waals surface area contributed by atoms with Crippen LogP contribution in [0.25, 0.3) is 11.1 Å². The minimum Gasteiger partial charge on any atom is -0.426 e. The lowest BCUT2D eigenvalue weighted by Crippen LogP contribution is -2.08. The van der Waals surface area contributed by atoms with E-state index in [0.29, 0.717) is 5.75 Å². The first-order chi connectivity index (χ1) is 8.70. The Morgan fingerprint density at radius 1 is 1.17 bits per heavy atom. The van der Waals surface area contributed by atoms with Gasteiger partial charge >= 0.3 is 5.97 Å². The quantitative estimate of drug-likeness (QED) is 0.479. The van der Waals surface area contributed by atoms with Crippen LogP contribution in [0.3, 0.4) is 0 Å². The second kappa shape index (κ2) is 6.03. The molecule has 0 aromatic heterocycles. The van der Waals surface area contributed by atoms with Gasteiger partial charge in [0.2, 0.25) is 0 Å². The molecule has 0 heterocycles. The fraction of sp³-hybridized carbons (Fsp3) is 0.0714. The summed E-state index contributed by atoms with van der Waals surface area (Å²) in [5.41, 5.74) is 2.14. The van der Waals surface area contributed by atoms with Gasteiger partial charge in [-0.05, 0) is 29.3 Å². The van der Waals surface area contributed by atoms with Crippen molar-refractivity contribution in [3.8, 4) is 16.9 Å². The van der Waals surface area contributed by atoms with E-state index in [2.05, 4.69) is 15.9 Å². The van der Waals surface area contributed by atoms with Crippen molar-refractivity contribution in [2.75, 3.05) is 5.88 Å². The van der Waals surface area contributed by atoms with E-state index in [1.807, 2.05) is 36.4 Å². The predicted octanol–water partition coefficient (Wildman–Crippen LogP) is 4.26. The molecule has 0 radical (unpaired) electrons. The van der Waals surface area contributed by atoms with Gasteiger partial charge in [-0.3, -0.25) is 4.79 Å². The average molecular weight is 326 g/mol. The van der Waals surface area contributed by atoms with Crippen molar-refractivity contribution in [1.82, 2.24) is 0 Å². The number of hydrogen-bond acceptors (Lipinski definition) is 2. The van der Waals surface area contributed by atoms with Gasteiger partial charge in [-0.25, -0.2) is 0 Å². The fourth-order valence-corrected chi connectivity index (χ4v) is 2.21. The molecule has 0 aliphatic heterocycles. The van der Waals surface area contributed by atoms with Crippen molar-refractivity contribution in [1.29, 1.82) is 0 Å². The van der Waals surface area contributed by atoms with E-state index >= 15 is 0 Å². The summed E-state index contributed by atoms with van der Waals surface area (Å²) in [5.74, 6) is -0.138. The van der Waals surface area contributed by atoms with E-state index in [1.54, 1.807) is 12.1 Å². The zero-order chi connectivity index (χ0) is 13.0. The topological polar surface area (TPSA) is 26.3 Å². The third-order valence-corrected chi connectivity index (χ3v) is 3.24. The molecule has 0 aliphatic rings. The molecular weight excluding hydrogens is 316 g/mol. The van der Waals surface area contributed by atoms with Crippen LogP contribution in [0.2, 0.25) is 0 Å². The van der Waals surface area contributed by atoms with Crippen LogP contribution in [0.4, 0.5) is 0 Å². The maximum atomic E-state index is 11.1. The first-order valence-corrected chi connectivity index (χ1v) is 6.65. The van der Waals surface area contributed by atoms with Gasteiger partial charge < -0.3 is 4.74 Å². The lowest BCUT2D eigenvalue weighted by molar-refractivity contribution is -0.131. The van der Waals surface area contributed by atoms with Crippen LogP contribution in [0, 0.1) is 0 Å². The van der Waals surface area contributed by atoms with Crippen LogP contribution in [-0.4, -0.2) is 11.8 Å². The number of esters is 1. The molecule has 0 bridgehead atoms. The van der Waals surface area contributed by atoms with E-state index in [4.69, 9.17) is 16.3 Å². The molecule has 0 atom stereocenters. The molecule has 0 spiro atoms. The smallest absolute Gasteiger partial charge is 0.326 e. The van der Waals surface area contributed by atoms with Crippen LogP contribution < -0.4 is 4.74 Å². The maximum absolute atomic E-state index is 11.1. The van der Waals surface area contributed by atoms with Crippen LogP contribution in [-0.2, 0) is 4.79 Å². The molecule has 0 saturated carbocycles. The van der Waals surface area contributed by atoms with Crippen molar-refractivity contribution >= 4 is 33.5 Å². The molecule has 2 aromatic carbocycles. The Morgan fingerprint density at radius 2 is 1.89 bits per heavy atom. The second-order valence-electron chi connectivity index (χ2n) is 3.62. The summed E-state index contributed by atoms with van der Waals surface area (Å²) in [5, 5.41) is 0. The van der Waals surface area contributed by atoms with Gasteiger partial charge in [0.1, 0.15) is 11.6 Å². The van der Waals surface area contributed by atoms with Gasteiger partial charge in [-0.1, -0.05) is 46.3 Å². The third-order valence-electron chi connectivity index (χ3n) is 2.37. The Morgan fingerprint density at radius 3 is 2.50 bits per heavy atom. The number of hydrogen-bond donors (Lipinski definition) is 0. The molecule has 0 fully saturated rings. The molecule has 0 saturated heterocycles. The second-order valence-corrected chi connectivity index (χ2v) is 4.74. The minimum absolute atomic E-state index is 0.155. The summed E-state index contributed by atoms with van der Waals surface area (Å²) in [6.45, 7) is 0. The lowest BCUT2D eigenvalue weighted by atomic mass is 10.1. The first-order valence-electron chi connectivity index (χ1n) is 5.32. The Bertz CT molecular complexity index is 555. The van der Waals surface area contributed by atoms with E-state index < -0.39 is 5.97 Å². The lowest BCUT2D eigenvalue weighted by Gasteiger charge is -2.07. The van der Waals surface area contributed by atoms with Crippen molar-refractivity contribution in [2.45, 2.75) is 0 Å². The van der Waals surface area contributed by atoms with Crippen LogP contribution in [0.15, 0.2) is 53.0 Å². The van der Waals surface area contributed by atoms with E-state index in [9.17, 15) is 4.79 Å². The SMILES string of the molecule is O=C(CCl)Oc1ccc(-c2ccccc2)c(Br)c1. The molecule has 2 aromatic rings. The molecule has 2 nitrogen and oxygen atoms in total. The van der Waals surface area contributed by atoms with Crippen LogP contribution in [0.5, 0.6) is 5.75 Å². The van der Waals surface area contributed by atoms with Gasteiger partial charge in [0.15, 0.2) is 0 Å². The monoisotopic (exact) mass is 324 g/mol. The van der Waals surface area contributed by atoms with Crippen molar-refractivity contribution in [2.24, 2.45) is 0 Å². The number of halogens is 2. The summed E-state index contributed by atoms with van der Waals surface area (Å²) >= 11 is 8.85. The molecule has 4 heteroatoms. The normalized spacial score (nSPS) is 10.1. The van der Waals surface area contributed by atoms with Crippen LogP contribution in [0.1, 0.15) is 0 Å². The average Bonchev–Trinajstić information content (AvgIpc) is 2.40. The molecule has 0 aliphatic carbocycles. The molecule has 92 valence electrons. The Kier molecular flexibility index (Phi) is 4.39. The summed E-state index contributed by atoms with van der Waals surface area (Å²) in [6, 6.07) is 15.4. The summed E-state index contributed by atoms with van der Waals surface area (Å²) in [4.78, 5) is 11.1. The summed E-state index contributed by atoms with van der Waals surface area (Å²) < 4.78 is 5.90. The van der Waals surface area contributed by atoms with Crippen LogP contribution >= 0.6 is 27.5 Å². The number of ether oxygens (including phenoxy) is 1. The zero-order valence-corrected chi connectivity index (χ0v) is 11.7. The molecule has 2 rings (SSSR count). The van der Waals surface area contributed by atoms with Gasteiger partial charge in [-0.15, -0.1) is 11.6 Å². The molecule has 0 unspecified atom stereocenters. The molecule has 0 N–H and O–H groups in total. The van der Waals surface area contributed by atoms with Crippen molar-refractivity contribution in [3.05, 3.63) is 53.0 Å². The van der Waals surface area contributed by atoms with Gasteiger partial charge in [0, 0.05) is 4.47 Å². The molecular formula is C14H10BrClO2. The number of carbonyl (C=O) groups excluding carboxylic acids is 1. The highest BCUT2D eigenvalue weighted by molar-refractivity contribution is 9.10. The van der Waals surface area contributed by atoms with Gasteiger partial charge in [0.25, 0.3) is 0 Å². The van der Waals surface area contributed by atoms with Gasteiger partial charge in [-0.2, -0.15) is 0 Å². The predicted molar refractivity (Wildman–Crippen MR) is 75.9 cm³/mol. The van der Waals surface area contributed by atoms with E-state index in [0.717, 1.165) is 15.6 Å². The number of carbonyl (C=O) groups is 1. The Labute approximate surface area is 119 Å². The number of benzene rings is 2. The van der Waals surface area contributed by atoms with Crippen molar-refractivity contribution < 1.29 is 9.53 Å². The highest BCUT2D eigenvalue weighted by atomic mass is 79.9. The highest BCUT2D eigenvalue weighted by Crippen LogP contribution is 2.31. The van der Waals surface area contributed by atoms with E-state index in [-0.39, 0.29) is 5.88 Å². The summed E-state index contributed by atoms with van der Waals surface area (Å²) in [6.07, 6.45) is 0. The standard InChI is InChI=1S/C14H10BrClO2/c15-13-8-11(18-14(17)9-16)6-7-12(13)10-4-2-1-3-5-10/h1-8H,9H2. The molecule has 0 amide bonds. The minimum atomic E-state index is -0.462. The van der Waals surface area contributed by atoms with E-state index in [1.165, 1.54) is 0 Å². The number of alkyl halides is 1. The number of rotatable bonds is 3. The molecule has 18 heavy (non-hydrogen) atoms.